The Hall–Kier alpha value is -1.56. The van der Waals surface area contributed by atoms with Crippen LogP contribution in [0.25, 0.3) is 0 Å². The lowest BCUT2D eigenvalue weighted by Gasteiger charge is -2.24. The second-order valence-corrected chi connectivity index (χ2v) is 4.46. The molecule has 2 aliphatic heterocycles. The first-order valence-electron chi connectivity index (χ1n) is 6.06. The zero-order valence-electron chi connectivity index (χ0n) is 9.89. The molecule has 2 atom stereocenters. The first-order chi connectivity index (χ1) is 8.29. The Balaban J connectivity index is 1.82. The highest BCUT2D eigenvalue weighted by atomic mass is 16.5. The van der Waals surface area contributed by atoms with Gasteiger partial charge in [-0.3, -0.25) is 0 Å². The molecule has 1 saturated heterocycles. The number of nitrogens with zero attached hydrogens (tertiary/aromatic N) is 3. The van der Waals surface area contributed by atoms with Gasteiger partial charge in [-0.15, -0.1) is 0 Å². The van der Waals surface area contributed by atoms with Gasteiger partial charge in [0.15, 0.2) is 11.6 Å². The lowest BCUT2D eigenvalue weighted by Crippen LogP contribution is -2.35. The average Bonchev–Trinajstić information content (AvgIpc) is 2.94. The van der Waals surface area contributed by atoms with Crippen molar-refractivity contribution < 1.29 is 4.74 Å². The summed E-state index contributed by atoms with van der Waals surface area (Å²) in [4.78, 5) is 10.4. The van der Waals surface area contributed by atoms with Crippen LogP contribution in [0.5, 0.6) is 0 Å². The molecule has 0 amide bonds. The SMILES string of the molecule is CC[C@@H]1CC[C@H](N2CNc3c(N)ncnc32)O1. The van der Waals surface area contributed by atoms with Crippen LogP contribution in [-0.2, 0) is 4.74 Å². The number of aromatic nitrogens is 2. The summed E-state index contributed by atoms with van der Waals surface area (Å²) in [6.45, 7) is 2.85. The van der Waals surface area contributed by atoms with Crippen LogP contribution in [0.1, 0.15) is 26.2 Å². The van der Waals surface area contributed by atoms with E-state index in [1.807, 2.05) is 0 Å². The molecule has 0 saturated carbocycles. The van der Waals surface area contributed by atoms with E-state index >= 15 is 0 Å². The largest absolute Gasteiger partial charge is 0.382 e. The Morgan fingerprint density at radius 1 is 1.53 bits per heavy atom. The molecule has 1 aromatic rings. The van der Waals surface area contributed by atoms with E-state index in [4.69, 9.17) is 10.5 Å². The molecule has 17 heavy (non-hydrogen) atoms. The number of anilines is 3. The molecule has 0 unspecified atom stereocenters. The molecular weight excluding hydrogens is 218 g/mol. The third-order valence-electron chi connectivity index (χ3n) is 3.44. The Kier molecular flexibility index (Phi) is 2.51. The van der Waals surface area contributed by atoms with Crippen LogP contribution < -0.4 is 16.0 Å². The van der Waals surface area contributed by atoms with E-state index in [0.29, 0.717) is 18.6 Å². The minimum absolute atomic E-state index is 0.114. The molecule has 0 aromatic carbocycles. The van der Waals surface area contributed by atoms with E-state index in [-0.39, 0.29) is 6.23 Å². The fraction of sp³-hybridized carbons (Fsp3) is 0.636. The molecule has 2 aliphatic rings. The zero-order valence-corrected chi connectivity index (χ0v) is 9.89. The summed E-state index contributed by atoms with van der Waals surface area (Å²) in [6, 6.07) is 0. The molecule has 3 N–H and O–H groups in total. The summed E-state index contributed by atoms with van der Waals surface area (Å²) >= 11 is 0. The molecule has 6 heteroatoms. The summed E-state index contributed by atoms with van der Waals surface area (Å²) in [6.07, 6.45) is 5.22. The van der Waals surface area contributed by atoms with Gasteiger partial charge in [-0.2, -0.15) is 0 Å². The van der Waals surface area contributed by atoms with Crippen molar-refractivity contribution in [2.45, 2.75) is 38.5 Å². The van der Waals surface area contributed by atoms with E-state index in [2.05, 4.69) is 27.1 Å². The first kappa shape index (κ1) is 10.6. The van der Waals surface area contributed by atoms with Gasteiger partial charge < -0.3 is 20.7 Å². The van der Waals surface area contributed by atoms with Crippen molar-refractivity contribution in [3.05, 3.63) is 6.33 Å². The van der Waals surface area contributed by atoms with Crippen molar-refractivity contribution in [3.8, 4) is 0 Å². The van der Waals surface area contributed by atoms with Gasteiger partial charge >= 0.3 is 0 Å². The number of fused-ring (bicyclic) bond motifs is 1. The third kappa shape index (κ3) is 1.68. The van der Waals surface area contributed by atoms with Crippen molar-refractivity contribution >= 4 is 17.3 Å². The topological polar surface area (TPSA) is 76.3 Å². The van der Waals surface area contributed by atoms with Crippen LogP contribution in [0.4, 0.5) is 17.3 Å². The lowest BCUT2D eigenvalue weighted by atomic mass is 10.2. The summed E-state index contributed by atoms with van der Waals surface area (Å²) in [5.74, 6) is 1.36. The Labute approximate surface area is 100 Å². The van der Waals surface area contributed by atoms with Crippen LogP contribution in [0, 0.1) is 0 Å². The van der Waals surface area contributed by atoms with Gasteiger partial charge in [0.2, 0.25) is 0 Å². The summed E-state index contributed by atoms with van der Waals surface area (Å²) in [7, 11) is 0. The molecule has 92 valence electrons. The number of nitrogens with two attached hydrogens (primary N) is 1. The van der Waals surface area contributed by atoms with Crippen molar-refractivity contribution in [3.63, 3.8) is 0 Å². The maximum absolute atomic E-state index is 5.98. The molecular formula is C11H17N5O. The lowest BCUT2D eigenvalue weighted by molar-refractivity contribution is 0.0426. The molecule has 0 spiro atoms. The predicted octanol–water partition coefficient (Wildman–Crippen LogP) is 1.16. The molecule has 0 radical (unpaired) electrons. The molecule has 0 bridgehead atoms. The van der Waals surface area contributed by atoms with Crippen molar-refractivity contribution in [2.75, 3.05) is 22.6 Å². The standard InChI is InChI=1S/C11H17N5O/c1-2-7-3-4-8(17-7)16-6-15-9-10(12)13-5-14-11(9)16/h5,7-8,15H,2-4,6H2,1H3,(H2,12,13,14)/t7-,8-/m1/s1. The highest BCUT2D eigenvalue weighted by molar-refractivity contribution is 5.79. The molecule has 0 aliphatic carbocycles. The first-order valence-corrected chi connectivity index (χ1v) is 6.06. The zero-order chi connectivity index (χ0) is 11.8. The summed E-state index contributed by atoms with van der Waals surface area (Å²) in [5.41, 5.74) is 6.63. The number of nitrogens with one attached hydrogen (secondary N) is 1. The van der Waals surface area contributed by atoms with Gasteiger partial charge in [-0.05, 0) is 19.3 Å². The minimum Gasteiger partial charge on any atom is -0.382 e. The second kappa shape index (κ2) is 4.03. The van der Waals surface area contributed by atoms with E-state index in [1.165, 1.54) is 6.33 Å². The van der Waals surface area contributed by atoms with E-state index in [0.717, 1.165) is 30.8 Å². The van der Waals surface area contributed by atoms with E-state index in [1.54, 1.807) is 0 Å². The van der Waals surface area contributed by atoms with Gasteiger partial charge in [0, 0.05) is 0 Å². The highest BCUT2D eigenvalue weighted by Gasteiger charge is 2.34. The Morgan fingerprint density at radius 2 is 2.41 bits per heavy atom. The molecule has 3 rings (SSSR count). The van der Waals surface area contributed by atoms with Gasteiger partial charge in [0.05, 0.1) is 12.8 Å². The van der Waals surface area contributed by atoms with E-state index in [9.17, 15) is 0 Å². The van der Waals surface area contributed by atoms with Gasteiger partial charge in [-0.25, -0.2) is 9.97 Å². The van der Waals surface area contributed by atoms with Crippen LogP contribution in [0.2, 0.25) is 0 Å². The van der Waals surface area contributed by atoms with Crippen molar-refractivity contribution in [1.82, 2.24) is 9.97 Å². The smallest absolute Gasteiger partial charge is 0.161 e. The quantitative estimate of drug-likeness (QED) is 0.801. The number of nitrogen functional groups attached to an aromatic ring is 1. The van der Waals surface area contributed by atoms with Crippen LogP contribution in [0.3, 0.4) is 0 Å². The summed E-state index contributed by atoms with van der Waals surface area (Å²) < 4.78 is 5.98. The van der Waals surface area contributed by atoms with Crippen LogP contribution >= 0.6 is 0 Å². The minimum atomic E-state index is 0.114. The van der Waals surface area contributed by atoms with Crippen LogP contribution in [0.15, 0.2) is 6.33 Å². The third-order valence-corrected chi connectivity index (χ3v) is 3.44. The normalized spacial score (nSPS) is 27.0. The molecule has 1 aromatic heterocycles. The number of rotatable bonds is 2. The second-order valence-electron chi connectivity index (χ2n) is 4.46. The fourth-order valence-electron chi connectivity index (χ4n) is 2.47. The van der Waals surface area contributed by atoms with Crippen LogP contribution in [-0.4, -0.2) is 29.0 Å². The number of hydrogen-bond donors (Lipinski definition) is 2. The van der Waals surface area contributed by atoms with Gasteiger partial charge in [-0.1, -0.05) is 6.92 Å². The maximum Gasteiger partial charge on any atom is 0.161 e. The average molecular weight is 235 g/mol. The molecule has 6 nitrogen and oxygen atoms in total. The Morgan fingerprint density at radius 3 is 3.18 bits per heavy atom. The van der Waals surface area contributed by atoms with Gasteiger partial charge in [0.1, 0.15) is 18.2 Å². The van der Waals surface area contributed by atoms with E-state index < -0.39 is 0 Å². The Bertz CT molecular complexity index is 424. The maximum atomic E-state index is 5.98. The van der Waals surface area contributed by atoms with Gasteiger partial charge in [0.25, 0.3) is 0 Å². The van der Waals surface area contributed by atoms with Crippen molar-refractivity contribution in [2.24, 2.45) is 0 Å². The highest BCUT2D eigenvalue weighted by Crippen LogP contribution is 2.37. The molecule has 1 fully saturated rings. The molecule has 3 heterocycles. The monoisotopic (exact) mass is 235 g/mol. The van der Waals surface area contributed by atoms with Crippen molar-refractivity contribution in [1.29, 1.82) is 0 Å². The number of ether oxygens (including phenoxy) is 1. The predicted molar refractivity (Wildman–Crippen MR) is 65.6 cm³/mol. The fourth-order valence-corrected chi connectivity index (χ4v) is 2.47. The summed E-state index contributed by atoms with van der Waals surface area (Å²) in [5, 5.41) is 3.22. The number of hydrogen-bond acceptors (Lipinski definition) is 6.